The summed E-state index contributed by atoms with van der Waals surface area (Å²) in [6, 6.07) is 0. The molecule has 1 unspecified atom stereocenters. The van der Waals surface area contributed by atoms with Gasteiger partial charge in [0.2, 0.25) is 5.89 Å². The second-order valence-corrected chi connectivity index (χ2v) is 5.36. The summed E-state index contributed by atoms with van der Waals surface area (Å²) in [5.41, 5.74) is 0. The molecule has 82 valence electrons. The average molecular weight is 228 g/mol. The van der Waals surface area contributed by atoms with E-state index in [1.54, 1.807) is 11.8 Å². The van der Waals surface area contributed by atoms with Gasteiger partial charge in [-0.25, -0.2) is 0 Å². The third-order valence-corrected chi connectivity index (χ3v) is 3.98. The Balaban J connectivity index is 2.15. The first kappa shape index (κ1) is 10.5. The van der Waals surface area contributed by atoms with Gasteiger partial charge in [-0.1, -0.05) is 5.16 Å². The number of carboxylic acids is 1. The third-order valence-electron chi connectivity index (χ3n) is 2.46. The molecule has 1 aliphatic heterocycles. The van der Waals surface area contributed by atoms with Crippen molar-refractivity contribution in [2.24, 2.45) is 0 Å². The van der Waals surface area contributed by atoms with E-state index in [0.29, 0.717) is 5.82 Å². The minimum absolute atomic E-state index is 0.0970. The van der Waals surface area contributed by atoms with Crippen LogP contribution in [-0.4, -0.2) is 27.0 Å². The summed E-state index contributed by atoms with van der Waals surface area (Å²) in [6.45, 7) is 2.07. The highest BCUT2D eigenvalue weighted by molar-refractivity contribution is 8.00. The van der Waals surface area contributed by atoms with Crippen LogP contribution in [0.15, 0.2) is 4.52 Å². The Kier molecular flexibility index (Phi) is 2.68. The van der Waals surface area contributed by atoms with Crippen molar-refractivity contribution in [1.82, 2.24) is 10.1 Å². The Labute approximate surface area is 91.2 Å². The van der Waals surface area contributed by atoms with Crippen LogP contribution in [0.25, 0.3) is 0 Å². The molecule has 5 nitrogen and oxygen atoms in total. The van der Waals surface area contributed by atoms with Gasteiger partial charge in [0.25, 0.3) is 0 Å². The molecule has 1 atom stereocenters. The first-order valence-electron chi connectivity index (χ1n) is 4.79. The van der Waals surface area contributed by atoms with E-state index < -0.39 is 5.97 Å². The van der Waals surface area contributed by atoms with Crippen LogP contribution in [0.4, 0.5) is 0 Å². The minimum atomic E-state index is -0.950. The third kappa shape index (κ3) is 2.14. The number of thioether (sulfide) groups is 1. The normalized spacial score (nSPS) is 25.7. The maximum Gasteiger partial charge on any atom is 0.312 e. The molecule has 0 spiro atoms. The van der Waals surface area contributed by atoms with Crippen LogP contribution in [0.2, 0.25) is 0 Å². The van der Waals surface area contributed by atoms with Crippen LogP contribution in [-0.2, 0) is 16.0 Å². The largest absolute Gasteiger partial charge is 0.481 e. The Morgan fingerprint density at radius 2 is 2.53 bits per heavy atom. The summed E-state index contributed by atoms with van der Waals surface area (Å²) in [4.78, 5) is 14.6. The molecular formula is C9H12N2O3S. The number of nitrogens with zero attached hydrogens (tertiary/aromatic N) is 2. The average Bonchev–Trinajstić information content (AvgIpc) is 2.74. The zero-order valence-corrected chi connectivity index (χ0v) is 9.21. The lowest BCUT2D eigenvalue weighted by Gasteiger charge is -2.16. The Bertz CT molecular complexity index is 371. The van der Waals surface area contributed by atoms with Crippen molar-refractivity contribution in [3.8, 4) is 0 Å². The van der Waals surface area contributed by atoms with Crippen molar-refractivity contribution in [2.45, 2.75) is 30.9 Å². The van der Waals surface area contributed by atoms with Gasteiger partial charge in [0, 0.05) is 0 Å². The number of hydrogen-bond acceptors (Lipinski definition) is 5. The van der Waals surface area contributed by atoms with Crippen molar-refractivity contribution in [3.63, 3.8) is 0 Å². The number of hydrogen-bond donors (Lipinski definition) is 1. The molecule has 0 aromatic carbocycles. The van der Waals surface area contributed by atoms with E-state index in [1.165, 1.54) is 0 Å². The maximum absolute atomic E-state index is 10.4. The van der Waals surface area contributed by atoms with Gasteiger partial charge < -0.3 is 9.63 Å². The Hall–Kier alpha value is -1.04. The molecule has 0 aliphatic carbocycles. The molecular weight excluding hydrogens is 216 g/mol. The van der Waals surface area contributed by atoms with Crippen LogP contribution in [0, 0.1) is 0 Å². The summed E-state index contributed by atoms with van der Waals surface area (Å²) >= 11 is 1.80. The van der Waals surface area contributed by atoms with Gasteiger partial charge in [-0.15, -0.1) is 11.8 Å². The molecule has 15 heavy (non-hydrogen) atoms. The summed E-state index contributed by atoms with van der Waals surface area (Å²) in [7, 11) is 0. The highest BCUT2D eigenvalue weighted by Crippen LogP contribution is 2.44. The van der Waals surface area contributed by atoms with E-state index in [1.807, 2.05) is 0 Å². The lowest BCUT2D eigenvalue weighted by Crippen LogP contribution is -2.15. The molecule has 2 rings (SSSR count). The summed E-state index contributed by atoms with van der Waals surface area (Å²) in [5, 5.41) is 12.4. The first-order chi connectivity index (χ1) is 7.10. The van der Waals surface area contributed by atoms with E-state index in [4.69, 9.17) is 9.63 Å². The zero-order chi connectivity index (χ0) is 10.9. The molecule has 0 bridgehead atoms. The standard InChI is InChI=1S/C9H12N2O3S/c1-9(3-2-4-15-9)8-10-6(14-11-8)5-7(12)13/h2-5H2,1H3,(H,12,13). The second-order valence-electron chi connectivity index (χ2n) is 3.77. The van der Waals surface area contributed by atoms with Gasteiger partial charge in [0.05, 0.1) is 4.75 Å². The van der Waals surface area contributed by atoms with Crippen molar-refractivity contribution in [2.75, 3.05) is 5.75 Å². The van der Waals surface area contributed by atoms with E-state index >= 15 is 0 Å². The van der Waals surface area contributed by atoms with Crippen LogP contribution >= 0.6 is 11.8 Å². The quantitative estimate of drug-likeness (QED) is 0.843. The van der Waals surface area contributed by atoms with Gasteiger partial charge in [-0.2, -0.15) is 4.98 Å². The molecule has 1 fully saturated rings. The molecule has 0 radical (unpaired) electrons. The Morgan fingerprint density at radius 1 is 1.73 bits per heavy atom. The monoisotopic (exact) mass is 228 g/mol. The van der Waals surface area contributed by atoms with Crippen LogP contribution in [0.1, 0.15) is 31.5 Å². The highest BCUT2D eigenvalue weighted by atomic mass is 32.2. The molecule has 1 aromatic heterocycles. The van der Waals surface area contributed by atoms with Crippen LogP contribution < -0.4 is 0 Å². The molecule has 1 N–H and O–H groups in total. The molecule has 1 aromatic rings. The number of aromatic nitrogens is 2. The van der Waals surface area contributed by atoms with Gasteiger partial charge in [0.15, 0.2) is 5.82 Å². The maximum atomic E-state index is 10.4. The van der Waals surface area contributed by atoms with Gasteiger partial charge in [-0.05, 0) is 25.5 Å². The first-order valence-corrected chi connectivity index (χ1v) is 5.77. The van der Waals surface area contributed by atoms with Gasteiger partial charge >= 0.3 is 5.97 Å². The summed E-state index contributed by atoms with van der Waals surface area (Å²) in [5.74, 6) is 0.959. The fourth-order valence-electron chi connectivity index (χ4n) is 1.63. The van der Waals surface area contributed by atoms with Crippen LogP contribution in [0.3, 0.4) is 0 Å². The van der Waals surface area contributed by atoms with E-state index in [-0.39, 0.29) is 17.1 Å². The lowest BCUT2D eigenvalue weighted by molar-refractivity contribution is -0.136. The lowest BCUT2D eigenvalue weighted by atomic mass is 10.1. The summed E-state index contributed by atoms with van der Waals surface area (Å²) < 4.78 is 4.80. The van der Waals surface area contributed by atoms with E-state index in [0.717, 1.165) is 18.6 Å². The number of rotatable bonds is 3. The number of carboxylic acid groups (broad SMARTS) is 1. The Morgan fingerprint density at radius 3 is 3.13 bits per heavy atom. The van der Waals surface area contributed by atoms with E-state index in [2.05, 4.69) is 17.1 Å². The SMILES string of the molecule is CC1(c2noc(CC(=O)O)n2)CCCS1. The molecule has 6 heteroatoms. The molecule has 0 saturated carbocycles. The van der Waals surface area contributed by atoms with E-state index in [9.17, 15) is 4.79 Å². The van der Waals surface area contributed by atoms with Crippen molar-refractivity contribution < 1.29 is 14.4 Å². The van der Waals surface area contributed by atoms with Crippen molar-refractivity contribution in [1.29, 1.82) is 0 Å². The fraction of sp³-hybridized carbons (Fsp3) is 0.667. The molecule has 1 saturated heterocycles. The number of aliphatic carboxylic acids is 1. The van der Waals surface area contributed by atoms with Gasteiger partial charge in [-0.3, -0.25) is 4.79 Å². The second kappa shape index (κ2) is 3.84. The minimum Gasteiger partial charge on any atom is -0.481 e. The van der Waals surface area contributed by atoms with Crippen molar-refractivity contribution in [3.05, 3.63) is 11.7 Å². The molecule has 2 heterocycles. The van der Waals surface area contributed by atoms with Crippen LogP contribution in [0.5, 0.6) is 0 Å². The topological polar surface area (TPSA) is 76.2 Å². The number of carbonyl (C=O) groups is 1. The zero-order valence-electron chi connectivity index (χ0n) is 8.39. The highest BCUT2D eigenvalue weighted by Gasteiger charge is 2.36. The fourth-order valence-corrected chi connectivity index (χ4v) is 2.87. The molecule has 0 amide bonds. The molecule has 1 aliphatic rings. The predicted octanol–water partition coefficient (Wildman–Crippen LogP) is 1.44. The smallest absolute Gasteiger partial charge is 0.312 e. The summed E-state index contributed by atoms with van der Waals surface area (Å²) in [6.07, 6.45) is 1.96. The van der Waals surface area contributed by atoms with Crippen molar-refractivity contribution >= 4 is 17.7 Å². The predicted molar refractivity (Wildman–Crippen MR) is 54.7 cm³/mol. The van der Waals surface area contributed by atoms with Gasteiger partial charge in [0.1, 0.15) is 6.42 Å².